The molecule has 3 heterocycles. The van der Waals surface area contributed by atoms with Gasteiger partial charge in [-0.15, -0.1) is 10.2 Å². The molecule has 0 aliphatic rings. The fraction of sp³-hybridized carbons (Fsp3) is 0.0690. The molecule has 6 rings (SSSR count). The molecule has 0 radical (unpaired) electrons. The summed E-state index contributed by atoms with van der Waals surface area (Å²) in [5.74, 6) is -5.14. The van der Waals surface area contributed by atoms with Gasteiger partial charge in [0.05, 0.1) is 24.0 Å². The lowest BCUT2D eigenvalue weighted by molar-refractivity contribution is 0.444. The molecule has 0 unspecified atom stereocenters. The maximum atomic E-state index is 14.3. The zero-order valence-corrected chi connectivity index (χ0v) is 20.9. The molecule has 0 bridgehead atoms. The van der Waals surface area contributed by atoms with Crippen LogP contribution < -0.4 is 0 Å². The first-order valence-corrected chi connectivity index (χ1v) is 12.8. The van der Waals surface area contributed by atoms with Crippen molar-refractivity contribution in [2.45, 2.75) is 17.5 Å². The number of furan rings is 1. The summed E-state index contributed by atoms with van der Waals surface area (Å²) in [7, 11) is 0. The molecule has 0 aliphatic carbocycles. The number of aromatic nitrogens is 4. The van der Waals surface area contributed by atoms with Gasteiger partial charge in [-0.05, 0) is 24.3 Å². The third kappa shape index (κ3) is 4.79. The Kier molecular flexibility index (Phi) is 6.62. The van der Waals surface area contributed by atoms with Crippen molar-refractivity contribution < 1.29 is 22.0 Å². The highest BCUT2D eigenvalue weighted by Crippen LogP contribution is 2.35. The molecular weight excluding hydrogens is 528 g/mol. The van der Waals surface area contributed by atoms with Gasteiger partial charge < -0.3 is 4.42 Å². The molecule has 0 N–H and O–H groups in total. The van der Waals surface area contributed by atoms with Gasteiger partial charge in [-0.25, -0.2) is 22.5 Å². The van der Waals surface area contributed by atoms with Gasteiger partial charge in [-0.3, -0.25) is 4.57 Å². The van der Waals surface area contributed by atoms with Crippen molar-refractivity contribution in [3.63, 3.8) is 0 Å². The van der Waals surface area contributed by atoms with Crippen molar-refractivity contribution in [3.8, 4) is 22.6 Å². The number of hydrogen-bond acceptors (Lipinski definition) is 5. The van der Waals surface area contributed by atoms with Crippen LogP contribution in [0, 0.1) is 23.3 Å². The van der Waals surface area contributed by atoms with Crippen LogP contribution in [-0.4, -0.2) is 19.7 Å². The van der Waals surface area contributed by atoms with Crippen LogP contribution >= 0.6 is 11.8 Å². The Morgan fingerprint density at radius 3 is 2.28 bits per heavy atom. The molecule has 0 amide bonds. The van der Waals surface area contributed by atoms with Gasteiger partial charge in [0.15, 0.2) is 34.2 Å². The van der Waals surface area contributed by atoms with Crippen molar-refractivity contribution in [1.29, 1.82) is 0 Å². The number of nitrogens with zero attached hydrogens (tertiary/aromatic N) is 4. The second kappa shape index (κ2) is 10.4. The van der Waals surface area contributed by atoms with E-state index in [-0.39, 0.29) is 17.8 Å². The van der Waals surface area contributed by atoms with Gasteiger partial charge in [0.2, 0.25) is 0 Å². The Morgan fingerprint density at radius 2 is 1.54 bits per heavy atom. The summed E-state index contributed by atoms with van der Waals surface area (Å²) in [4.78, 5) is 4.82. The summed E-state index contributed by atoms with van der Waals surface area (Å²) >= 11 is 0.908. The zero-order chi connectivity index (χ0) is 26.9. The number of pyridine rings is 1. The molecule has 5 nitrogen and oxygen atoms in total. The van der Waals surface area contributed by atoms with E-state index in [2.05, 4.69) is 10.2 Å². The second-order valence-corrected chi connectivity index (χ2v) is 9.59. The molecule has 0 fully saturated rings. The van der Waals surface area contributed by atoms with E-state index in [1.807, 2.05) is 60.7 Å². The van der Waals surface area contributed by atoms with E-state index in [4.69, 9.17) is 9.40 Å². The molecule has 0 saturated heterocycles. The number of thioether (sulfide) groups is 1. The Morgan fingerprint density at radius 1 is 0.795 bits per heavy atom. The van der Waals surface area contributed by atoms with Gasteiger partial charge in [0.1, 0.15) is 5.76 Å². The lowest BCUT2D eigenvalue weighted by Crippen LogP contribution is -2.05. The van der Waals surface area contributed by atoms with Crippen molar-refractivity contribution in [2.75, 3.05) is 0 Å². The largest absolute Gasteiger partial charge is 0.467 e. The highest BCUT2D eigenvalue weighted by molar-refractivity contribution is 7.98. The molecular formula is C29H18F4N4OS. The maximum absolute atomic E-state index is 14.3. The first-order valence-electron chi connectivity index (χ1n) is 11.9. The highest BCUT2D eigenvalue weighted by atomic mass is 32.2. The van der Waals surface area contributed by atoms with Crippen LogP contribution in [0.1, 0.15) is 11.3 Å². The van der Waals surface area contributed by atoms with E-state index in [9.17, 15) is 17.6 Å². The number of rotatable bonds is 7. The number of benzene rings is 3. The van der Waals surface area contributed by atoms with Gasteiger partial charge in [0, 0.05) is 33.9 Å². The van der Waals surface area contributed by atoms with Gasteiger partial charge in [0.25, 0.3) is 0 Å². The van der Waals surface area contributed by atoms with E-state index in [1.54, 1.807) is 16.7 Å². The maximum Gasteiger partial charge on any atom is 0.192 e. The van der Waals surface area contributed by atoms with E-state index in [0.717, 1.165) is 39.5 Å². The summed E-state index contributed by atoms with van der Waals surface area (Å²) in [5.41, 5.74) is 2.41. The standard InChI is InChI=1S/C29H18F4N4OS/c30-22-14-23(31)27(33)21(26(22)32)16-39-29-36-35-28(37(29)15-18-9-6-12-38-18)20-13-25(17-7-2-1-3-8-17)34-24-11-5-4-10-19(20)24/h1-14H,15-16H2. The van der Waals surface area contributed by atoms with Crippen molar-refractivity contribution >= 4 is 22.7 Å². The summed E-state index contributed by atoms with van der Waals surface area (Å²) in [6.45, 7) is 0.206. The fourth-order valence-corrected chi connectivity index (χ4v) is 5.23. The fourth-order valence-electron chi connectivity index (χ4n) is 4.30. The molecule has 10 heteroatoms. The van der Waals surface area contributed by atoms with E-state index >= 15 is 0 Å². The molecule has 6 aromatic rings. The number of fused-ring (bicyclic) bond motifs is 1. The molecule has 0 aliphatic heterocycles. The lowest BCUT2D eigenvalue weighted by atomic mass is 10.0. The van der Waals surface area contributed by atoms with Crippen LogP contribution in [-0.2, 0) is 12.3 Å². The molecule has 3 aromatic carbocycles. The molecule has 3 aromatic heterocycles. The normalized spacial score (nSPS) is 11.4. The SMILES string of the molecule is Fc1cc(F)c(F)c(CSc2nnc(-c3cc(-c4ccccc4)nc4ccccc34)n2Cc2ccco2)c1F. The Hall–Kier alpha value is -4.44. The van der Waals surface area contributed by atoms with Crippen LogP contribution in [0.15, 0.2) is 94.7 Å². The summed E-state index contributed by atoms with van der Waals surface area (Å²) in [6, 6.07) is 22.9. The highest BCUT2D eigenvalue weighted by Gasteiger charge is 2.23. The van der Waals surface area contributed by atoms with Crippen LogP contribution in [0.4, 0.5) is 17.6 Å². The Labute approximate surface area is 224 Å². The molecule has 0 saturated carbocycles. The molecule has 194 valence electrons. The summed E-state index contributed by atoms with van der Waals surface area (Å²) < 4.78 is 63.5. The van der Waals surface area contributed by atoms with Crippen molar-refractivity contribution in [2.24, 2.45) is 0 Å². The average molecular weight is 547 g/mol. The zero-order valence-electron chi connectivity index (χ0n) is 20.1. The van der Waals surface area contributed by atoms with Crippen LogP contribution in [0.2, 0.25) is 0 Å². The van der Waals surface area contributed by atoms with E-state index < -0.39 is 34.6 Å². The Bertz CT molecular complexity index is 1760. The van der Waals surface area contributed by atoms with Crippen molar-refractivity contribution in [3.05, 3.63) is 120 Å². The van der Waals surface area contributed by atoms with Crippen LogP contribution in [0.5, 0.6) is 0 Å². The monoisotopic (exact) mass is 546 g/mol. The quantitative estimate of drug-likeness (QED) is 0.117. The third-order valence-electron chi connectivity index (χ3n) is 6.19. The number of para-hydroxylation sites is 1. The first-order chi connectivity index (χ1) is 19.0. The number of hydrogen-bond donors (Lipinski definition) is 0. The smallest absolute Gasteiger partial charge is 0.192 e. The predicted molar refractivity (Wildman–Crippen MR) is 140 cm³/mol. The van der Waals surface area contributed by atoms with Gasteiger partial charge in [-0.2, -0.15) is 0 Å². The minimum atomic E-state index is -1.46. The lowest BCUT2D eigenvalue weighted by Gasteiger charge is -2.13. The van der Waals surface area contributed by atoms with Crippen LogP contribution in [0.3, 0.4) is 0 Å². The molecule has 39 heavy (non-hydrogen) atoms. The third-order valence-corrected chi connectivity index (χ3v) is 7.18. The predicted octanol–water partition coefficient (Wildman–Crippen LogP) is 7.65. The number of halogens is 4. The average Bonchev–Trinajstić information content (AvgIpc) is 3.62. The Balaban J connectivity index is 1.48. The van der Waals surface area contributed by atoms with Crippen LogP contribution in [0.25, 0.3) is 33.5 Å². The summed E-state index contributed by atoms with van der Waals surface area (Å²) in [6.07, 6.45) is 1.53. The van der Waals surface area contributed by atoms with Gasteiger partial charge in [-0.1, -0.05) is 60.3 Å². The van der Waals surface area contributed by atoms with Crippen molar-refractivity contribution in [1.82, 2.24) is 19.7 Å². The minimum absolute atomic E-state index is 0.190. The first kappa shape index (κ1) is 24.9. The van der Waals surface area contributed by atoms with Gasteiger partial charge >= 0.3 is 0 Å². The van der Waals surface area contributed by atoms with E-state index in [1.165, 1.54) is 6.26 Å². The second-order valence-electron chi connectivity index (χ2n) is 8.65. The molecule has 0 atom stereocenters. The summed E-state index contributed by atoms with van der Waals surface area (Å²) in [5, 5.41) is 9.82. The topological polar surface area (TPSA) is 56.7 Å². The molecule has 0 spiro atoms. The van der Waals surface area contributed by atoms with E-state index in [0.29, 0.717) is 11.6 Å². The minimum Gasteiger partial charge on any atom is -0.467 e.